The number of ether oxygens (including phenoxy) is 4. The number of hydrogen-bond acceptors (Lipinski definition) is 16. The van der Waals surface area contributed by atoms with Crippen LogP contribution < -0.4 is 59.6 Å². The molecular weight excluding hydrogens is 964 g/mol. The minimum atomic E-state index is -1.58. The van der Waals surface area contributed by atoms with E-state index in [-0.39, 0.29) is 74.8 Å². The Hall–Kier alpha value is -6.13. The van der Waals surface area contributed by atoms with Crippen LogP contribution >= 0.6 is 0 Å². The summed E-state index contributed by atoms with van der Waals surface area (Å²) in [6, 6.07) is 20.7. The molecule has 2 saturated carbocycles. The number of piperidine rings is 1. The Bertz CT molecular complexity index is 2640. The van der Waals surface area contributed by atoms with Crippen LogP contribution in [0.2, 0.25) is 0 Å². The zero-order valence-corrected chi connectivity index (χ0v) is 45.0. The van der Waals surface area contributed by atoms with Crippen molar-refractivity contribution in [2.24, 2.45) is 5.41 Å². The van der Waals surface area contributed by atoms with Gasteiger partial charge in [0.05, 0.1) is 35.0 Å². The number of nitrogens with one attached hydrogen (secondary N) is 2. The number of aliphatic carboxylic acids is 1. The maximum atomic E-state index is 13.6. The molecule has 2 aromatic heterocycles. The summed E-state index contributed by atoms with van der Waals surface area (Å²) in [5.41, 5.74) is 9.21. The fourth-order valence-electron chi connectivity index (χ4n) is 10.9. The second-order valence-corrected chi connectivity index (χ2v) is 22.2. The Morgan fingerprint density at radius 3 is 2.26 bits per heavy atom. The largest absolute Gasteiger partial charge is 1.00 e. The summed E-state index contributed by atoms with van der Waals surface area (Å²) in [6.07, 6.45) is 10.0. The topological polar surface area (TPSA) is 230 Å². The van der Waals surface area contributed by atoms with Gasteiger partial charge < -0.3 is 64.8 Å². The van der Waals surface area contributed by atoms with Gasteiger partial charge in [-0.15, -0.1) is 10.2 Å². The van der Waals surface area contributed by atoms with Gasteiger partial charge in [0.15, 0.2) is 5.82 Å². The molecule has 3 saturated heterocycles. The van der Waals surface area contributed by atoms with Gasteiger partial charge in [-0.25, -0.2) is 9.78 Å². The molecule has 2 bridgehead atoms. The van der Waals surface area contributed by atoms with E-state index in [0.717, 1.165) is 87.1 Å². The van der Waals surface area contributed by atoms with E-state index in [1.165, 1.54) is 0 Å². The Kier molecular flexibility index (Phi) is 18.1. The van der Waals surface area contributed by atoms with Gasteiger partial charge in [-0.3, -0.25) is 9.59 Å². The van der Waals surface area contributed by atoms with E-state index in [4.69, 9.17) is 24.7 Å². The molecule has 76 heavy (non-hydrogen) atoms. The average molecular weight is 1040 g/mol. The van der Waals surface area contributed by atoms with Gasteiger partial charge in [-0.05, 0) is 141 Å². The van der Waals surface area contributed by atoms with Crippen LogP contribution in [0.5, 0.6) is 11.6 Å². The van der Waals surface area contributed by atoms with Crippen LogP contribution in [0.4, 0.5) is 27.7 Å². The van der Waals surface area contributed by atoms with Crippen LogP contribution in [-0.4, -0.2) is 138 Å². The molecule has 0 radical (unpaired) electrons. The van der Waals surface area contributed by atoms with Gasteiger partial charge in [0, 0.05) is 80.3 Å². The Morgan fingerprint density at radius 1 is 0.895 bits per heavy atom. The monoisotopic (exact) mass is 1040 g/mol. The smallest absolute Gasteiger partial charge is 0.549 e. The summed E-state index contributed by atoms with van der Waals surface area (Å²) in [6.45, 7) is 9.49. The third kappa shape index (κ3) is 13.5. The molecule has 4 N–H and O–H groups in total. The molecule has 402 valence electrons. The standard InChI is InChI=1S/C56H74N10O9.Li/c1-55(2,3)75-54(71)64-27-21-41(22-28-64)73-42-30-43(31-42)74-49-29-38(20-25-58-49)66-39-18-19-40(66)34-65(33-39)47-32-46(61-62-50(47)57)44-11-6-7-13-48(44)72-35-36-14-16-37(17-15-36)59-51(67)45(12-8-9-26-63(4)5)60-52(68)56(53(69)70)23-10-24-56;/h6-7,11,13-17,20,25,29,32,39-43,45H,8-10,12,18-19,21-24,26-28,30-31,33-35H2,1-5H3,(H2,57,62)(H,59,67)(H,60,68)(H,69,70);/q;+1/p-1/t39?,40?,42?,43?,45-;/m0./s1. The number of anilines is 4. The summed E-state index contributed by atoms with van der Waals surface area (Å²) in [5.74, 6) is -0.872. The normalized spacial score (nSPS) is 21.4. The molecular formula is C56H73LiN10O9. The van der Waals surface area contributed by atoms with E-state index in [2.05, 4.69) is 47.7 Å². The number of carboxylic acid groups (broad SMARTS) is 1. The number of likely N-dealkylation sites (tertiary alicyclic amines) is 1. The van der Waals surface area contributed by atoms with Crippen LogP contribution in [0, 0.1) is 5.41 Å². The van der Waals surface area contributed by atoms with E-state index < -0.39 is 34.8 Å². The molecule has 5 fully saturated rings. The maximum absolute atomic E-state index is 13.6. The first-order chi connectivity index (χ1) is 36.0. The van der Waals surface area contributed by atoms with Gasteiger partial charge >= 0.3 is 25.0 Å². The number of fused-ring (bicyclic) bond motifs is 2. The molecule has 4 aromatic rings. The molecule has 20 heteroatoms. The summed E-state index contributed by atoms with van der Waals surface area (Å²) in [4.78, 5) is 64.4. The Balaban J connectivity index is 0.00000765. The molecule has 2 aromatic carbocycles. The van der Waals surface area contributed by atoms with Crippen molar-refractivity contribution in [1.29, 1.82) is 0 Å². The van der Waals surface area contributed by atoms with Crippen molar-refractivity contribution in [2.45, 2.75) is 146 Å². The number of carboxylic acids is 1. The van der Waals surface area contributed by atoms with Crippen molar-refractivity contribution in [3.05, 3.63) is 78.5 Å². The number of benzene rings is 2. The molecule has 3 aliphatic heterocycles. The van der Waals surface area contributed by atoms with Crippen LogP contribution in [0.1, 0.15) is 103 Å². The van der Waals surface area contributed by atoms with Gasteiger partial charge in [0.2, 0.25) is 17.7 Å². The van der Waals surface area contributed by atoms with Crippen molar-refractivity contribution in [1.82, 2.24) is 30.3 Å². The number of aromatic nitrogens is 3. The summed E-state index contributed by atoms with van der Waals surface area (Å²) < 4.78 is 24.7. The van der Waals surface area contributed by atoms with Crippen LogP contribution in [0.25, 0.3) is 11.3 Å². The Morgan fingerprint density at radius 2 is 1.61 bits per heavy atom. The summed E-state index contributed by atoms with van der Waals surface area (Å²) in [5, 5.41) is 26.5. The second kappa shape index (κ2) is 24.5. The minimum absolute atomic E-state index is 0. The van der Waals surface area contributed by atoms with E-state index in [1.807, 2.05) is 88.4 Å². The maximum Gasteiger partial charge on any atom is 1.00 e. The molecule has 5 heterocycles. The quantitative estimate of drug-likeness (QED) is 0.0657. The fraction of sp³-hybridized carbons (Fsp3) is 0.554. The molecule has 3 amide bonds. The number of carbonyl (C=O) groups excluding carboxylic acids is 4. The van der Waals surface area contributed by atoms with E-state index in [1.54, 1.807) is 17.0 Å². The molecule has 2 unspecified atom stereocenters. The number of hydrogen-bond donors (Lipinski definition) is 3. The Labute approximate surface area is 458 Å². The van der Waals surface area contributed by atoms with Crippen LogP contribution in [-0.2, 0) is 30.5 Å². The fourth-order valence-corrected chi connectivity index (χ4v) is 10.9. The predicted molar refractivity (Wildman–Crippen MR) is 282 cm³/mol. The number of pyridine rings is 1. The number of amides is 3. The number of nitrogens with two attached hydrogens (primary N) is 1. The van der Waals surface area contributed by atoms with E-state index in [9.17, 15) is 24.3 Å². The number of nitrogens with zero attached hydrogens (tertiary/aromatic N) is 7. The zero-order chi connectivity index (χ0) is 52.9. The molecule has 9 rings (SSSR count). The van der Waals surface area contributed by atoms with Crippen molar-refractivity contribution < 1.29 is 62.1 Å². The van der Waals surface area contributed by atoms with Gasteiger partial charge in [-0.1, -0.05) is 30.7 Å². The first-order valence-electron chi connectivity index (χ1n) is 26.7. The van der Waals surface area contributed by atoms with Crippen molar-refractivity contribution in [2.75, 3.05) is 67.7 Å². The predicted octanol–water partition coefficient (Wildman–Crippen LogP) is 2.96. The van der Waals surface area contributed by atoms with Crippen molar-refractivity contribution in [3.63, 3.8) is 0 Å². The van der Waals surface area contributed by atoms with Crippen LogP contribution in [0.15, 0.2) is 72.9 Å². The average Bonchev–Trinajstić information content (AvgIpc) is 3.62. The molecule has 2 aliphatic carbocycles. The molecule has 3 atom stereocenters. The zero-order valence-electron chi connectivity index (χ0n) is 45.0. The summed E-state index contributed by atoms with van der Waals surface area (Å²) in [7, 11) is 3.94. The third-order valence-corrected chi connectivity index (χ3v) is 15.2. The van der Waals surface area contributed by atoms with E-state index in [0.29, 0.717) is 61.2 Å². The first-order valence-corrected chi connectivity index (χ1v) is 26.7. The van der Waals surface area contributed by atoms with Gasteiger partial charge in [-0.2, -0.15) is 0 Å². The summed E-state index contributed by atoms with van der Waals surface area (Å²) >= 11 is 0. The van der Waals surface area contributed by atoms with Gasteiger partial charge in [0.1, 0.15) is 30.1 Å². The number of nitrogen functional groups attached to an aromatic ring is 1. The van der Waals surface area contributed by atoms with Crippen molar-refractivity contribution >= 4 is 46.8 Å². The number of unbranched alkanes of at least 4 members (excludes halogenated alkanes) is 1. The minimum Gasteiger partial charge on any atom is -0.549 e. The molecule has 5 aliphatic rings. The SMILES string of the molecule is CN(C)CCCC[C@H](NC(=O)C1(C(=O)[O-])CCC1)C(=O)Nc1ccc(COc2ccccc2-c2cc(N3CC4CCC(C3)N4c3ccnc(OC4CC(OC5CCN(C(=O)OC(C)(C)C)CC5)C4)c3)c(N)nn2)cc1.[Li+]. The van der Waals surface area contributed by atoms with Crippen LogP contribution in [0.3, 0.4) is 0 Å². The number of para-hydroxylation sites is 1. The van der Waals surface area contributed by atoms with Crippen molar-refractivity contribution in [3.8, 4) is 22.9 Å². The first kappa shape index (κ1) is 56.1. The van der Waals surface area contributed by atoms with Gasteiger partial charge in [0.25, 0.3) is 0 Å². The number of rotatable bonds is 20. The molecule has 19 nitrogen and oxygen atoms in total. The third-order valence-electron chi connectivity index (χ3n) is 15.2. The molecule has 0 spiro atoms. The van der Waals surface area contributed by atoms with E-state index >= 15 is 0 Å². The second-order valence-electron chi connectivity index (χ2n) is 22.2. The number of carbonyl (C=O) groups is 4. The number of piperazine rings is 1.